The lowest BCUT2D eigenvalue weighted by Gasteiger charge is -2.09. The van der Waals surface area contributed by atoms with Crippen molar-refractivity contribution in [2.45, 2.75) is 33.7 Å². The van der Waals surface area contributed by atoms with Crippen molar-refractivity contribution in [1.29, 1.82) is 0 Å². The highest BCUT2D eigenvalue weighted by atomic mass is 32.1. The van der Waals surface area contributed by atoms with Crippen molar-refractivity contribution in [1.82, 2.24) is 19.4 Å². The van der Waals surface area contributed by atoms with E-state index in [1.807, 2.05) is 48.9 Å². The molecule has 124 valence electrons. The van der Waals surface area contributed by atoms with Crippen LogP contribution in [-0.4, -0.2) is 25.3 Å². The molecule has 0 fully saturated rings. The van der Waals surface area contributed by atoms with Crippen molar-refractivity contribution in [3.63, 3.8) is 0 Å². The van der Waals surface area contributed by atoms with Crippen LogP contribution in [0.2, 0.25) is 0 Å². The molecule has 0 spiro atoms. The molecular weight excluding hydrogens is 322 g/mol. The smallest absolute Gasteiger partial charge is 0.277 e. The number of aromatic nitrogens is 4. The Labute approximate surface area is 144 Å². The van der Waals surface area contributed by atoms with Crippen LogP contribution in [0, 0.1) is 13.8 Å². The van der Waals surface area contributed by atoms with Gasteiger partial charge < -0.3 is 5.32 Å². The van der Waals surface area contributed by atoms with E-state index in [0.717, 1.165) is 27.5 Å². The minimum Gasteiger partial charge on any atom is -0.317 e. The molecule has 0 saturated carbocycles. The van der Waals surface area contributed by atoms with E-state index in [4.69, 9.17) is 0 Å². The van der Waals surface area contributed by atoms with E-state index in [-0.39, 0.29) is 11.9 Å². The van der Waals surface area contributed by atoms with Crippen LogP contribution >= 0.6 is 11.5 Å². The van der Waals surface area contributed by atoms with E-state index in [9.17, 15) is 4.79 Å². The molecule has 24 heavy (non-hydrogen) atoms. The maximum atomic E-state index is 12.7. The van der Waals surface area contributed by atoms with Crippen LogP contribution in [0.25, 0.3) is 10.4 Å². The zero-order chi connectivity index (χ0) is 17.3. The summed E-state index contributed by atoms with van der Waals surface area (Å²) < 4.78 is 5.85. The second-order valence-corrected chi connectivity index (χ2v) is 6.61. The monoisotopic (exact) mass is 341 g/mol. The molecule has 1 amide bonds. The highest BCUT2D eigenvalue weighted by Crippen LogP contribution is 2.28. The van der Waals surface area contributed by atoms with Crippen LogP contribution in [0.5, 0.6) is 0 Å². The van der Waals surface area contributed by atoms with Gasteiger partial charge in [-0.2, -0.15) is 5.10 Å². The van der Waals surface area contributed by atoms with Gasteiger partial charge in [-0.15, -0.1) is 5.10 Å². The van der Waals surface area contributed by atoms with Gasteiger partial charge in [0.25, 0.3) is 5.91 Å². The minimum absolute atomic E-state index is 0.232. The summed E-state index contributed by atoms with van der Waals surface area (Å²) in [6, 6.07) is 9.91. The summed E-state index contributed by atoms with van der Waals surface area (Å²) in [7, 11) is 0. The van der Waals surface area contributed by atoms with E-state index in [1.165, 1.54) is 11.5 Å². The zero-order valence-electron chi connectivity index (χ0n) is 14.1. The number of nitrogens with one attached hydrogen (secondary N) is 1. The zero-order valence-corrected chi connectivity index (χ0v) is 14.9. The van der Waals surface area contributed by atoms with Gasteiger partial charge in [-0.1, -0.05) is 34.8 Å². The molecule has 3 aromatic rings. The Bertz CT molecular complexity index is 866. The molecule has 0 aliphatic heterocycles. The molecule has 3 rings (SSSR count). The minimum atomic E-state index is -0.267. The molecule has 0 saturated heterocycles. The average Bonchev–Trinajstić information content (AvgIpc) is 3.16. The first-order valence-electron chi connectivity index (χ1n) is 7.74. The summed E-state index contributed by atoms with van der Waals surface area (Å²) in [5.74, 6) is -0.267. The van der Waals surface area contributed by atoms with Crippen LogP contribution in [0.15, 0.2) is 30.3 Å². The number of amides is 1. The van der Waals surface area contributed by atoms with Gasteiger partial charge in [0, 0.05) is 6.04 Å². The van der Waals surface area contributed by atoms with Crippen molar-refractivity contribution in [3.05, 3.63) is 47.4 Å². The third-order valence-corrected chi connectivity index (χ3v) is 4.57. The first kappa shape index (κ1) is 16.3. The van der Waals surface area contributed by atoms with Crippen molar-refractivity contribution in [2.75, 3.05) is 5.32 Å². The van der Waals surface area contributed by atoms with Gasteiger partial charge in [-0.3, -0.25) is 9.48 Å². The Balaban J connectivity index is 1.92. The van der Waals surface area contributed by atoms with Crippen molar-refractivity contribution in [2.24, 2.45) is 0 Å². The molecule has 0 atom stereocenters. The summed E-state index contributed by atoms with van der Waals surface area (Å²) in [6.45, 7) is 7.96. The van der Waals surface area contributed by atoms with E-state index in [0.29, 0.717) is 5.69 Å². The third kappa shape index (κ3) is 2.94. The van der Waals surface area contributed by atoms with Gasteiger partial charge >= 0.3 is 0 Å². The number of aryl methyl sites for hydroxylation is 1. The number of rotatable bonds is 4. The van der Waals surface area contributed by atoms with Crippen LogP contribution in [0.3, 0.4) is 0 Å². The van der Waals surface area contributed by atoms with Crippen LogP contribution in [0.4, 0.5) is 5.69 Å². The summed E-state index contributed by atoms with van der Waals surface area (Å²) in [4.78, 5) is 13.5. The van der Waals surface area contributed by atoms with Gasteiger partial charge in [0.15, 0.2) is 5.69 Å². The Kier molecular flexibility index (Phi) is 4.44. The predicted molar refractivity (Wildman–Crippen MR) is 95.4 cm³/mol. The van der Waals surface area contributed by atoms with Crippen molar-refractivity contribution >= 4 is 23.1 Å². The van der Waals surface area contributed by atoms with Gasteiger partial charge in [0.2, 0.25) is 0 Å². The summed E-state index contributed by atoms with van der Waals surface area (Å²) >= 11 is 1.22. The Morgan fingerprint density at radius 3 is 2.54 bits per heavy atom. The van der Waals surface area contributed by atoms with E-state index in [1.54, 1.807) is 0 Å². The fourth-order valence-corrected chi connectivity index (χ4v) is 3.30. The summed E-state index contributed by atoms with van der Waals surface area (Å²) in [5.41, 5.74) is 3.73. The van der Waals surface area contributed by atoms with Crippen LogP contribution in [-0.2, 0) is 0 Å². The van der Waals surface area contributed by atoms with Crippen molar-refractivity contribution in [3.8, 4) is 10.4 Å². The lowest BCUT2D eigenvalue weighted by Crippen LogP contribution is -2.15. The van der Waals surface area contributed by atoms with Gasteiger partial charge in [-0.05, 0) is 44.8 Å². The molecule has 0 aliphatic carbocycles. The highest BCUT2D eigenvalue weighted by Gasteiger charge is 2.21. The molecule has 1 N–H and O–H groups in total. The number of benzene rings is 1. The van der Waals surface area contributed by atoms with E-state index < -0.39 is 0 Å². The summed E-state index contributed by atoms with van der Waals surface area (Å²) in [5, 5.41) is 11.5. The topological polar surface area (TPSA) is 72.7 Å². The molecule has 0 bridgehead atoms. The number of carbonyl (C=O) groups excluding carboxylic acids is 1. The molecule has 0 unspecified atom stereocenters. The Morgan fingerprint density at radius 2 is 1.92 bits per heavy atom. The maximum absolute atomic E-state index is 12.7. The second-order valence-electron chi connectivity index (χ2n) is 5.85. The maximum Gasteiger partial charge on any atom is 0.277 e. The first-order chi connectivity index (χ1) is 11.5. The van der Waals surface area contributed by atoms with Crippen molar-refractivity contribution < 1.29 is 4.79 Å². The molecular formula is C17H19N5OS. The van der Waals surface area contributed by atoms with Crippen LogP contribution in [0.1, 0.15) is 41.8 Å². The van der Waals surface area contributed by atoms with Gasteiger partial charge in [-0.25, -0.2) is 0 Å². The lowest BCUT2D eigenvalue weighted by atomic mass is 10.1. The number of anilines is 1. The van der Waals surface area contributed by atoms with E-state index in [2.05, 4.69) is 33.8 Å². The van der Waals surface area contributed by atoms with E-state index >= 15 is 0 Å². The van der Waals surface area contributed by atoms with Crippen LogP contribution < -0.4 is 5.32 Å². The lowest BCUT2D eigenvalue weighted by molar-refractivity contribution is 0.102. The molecule has 1 aromatic carbocycles. The molecule has 2 aromatic heterocycles. The largest absolute Gasteiger partial charge is 0.317 e. The molecule has 2 heterocycles. The Hall–Kier alpha value is -2.54. The van der Waals surface area contributed by atoms with Gasteiger partial charge in [0.1, 0.15) is 0 Å². The number of carbonyl (C=O) groups is 1. The summed E-state index contributed by atoms with van der Waals surface area (Å²) in [6.07, 6.45) is 0. The molecule has 0 radical (unpaired) electrons. The Morgan fingerprint density at radius 1 is 1.21 bits per heavy atom. The number of hydrogen-bond acceptors (Lipinski definition) is 5. The normalized spacial score (nSPS) is 11.0. The standard InChI is InChI=1S/C17H19N5OS/c1-10(2)22-12(4)14(11(3)20-22)18-17(23)15-16(24-21-19-15)13-8-6-5-7-9-13/h5-10H,1-4H3,(H,18,23). The highest BCUT2D eigenvalue weighted by molar-refractivity contribution is 7.09. The molecule has 7 heteroatoms. The molecule has 0 aliphatic rings. The number of nitrogens with zero attached hydrogens (tertiary/aromatic N) is 4. The third-order valence-electron chi connectivity index (χ3n) is 3.79. The van der Waals surface area contributed by atoms with Gasteiger partial charge in [0.05, 0.1) is 22.0 Å². The molecule has 6 nitrogen and oxygen atoms in total. The fraction of sp³-hybridized carbons (Fsp3) is 0.294. The predicted octanol–water partition coefficient (Wildman–Crippen LogP) is 3.85. The average molecular weight is 341 g/mol. The SMILES string of the molecule is Cc1nn(C(C)C)c(C)c1NC(=O)c1nnsc1-c1ccccc1. The quantitative estimate of drug-likeness (QED) is 0.782. The second kappa shape index (κ2) is 6.52. The number of hydrogen-bond donors (Lipinski definition) is 1. The first-order valence-corrected chi connectivity index (χ1v) is 8.51. The fourth-order valence-electron chi connectivity index (χ4n) is 2.64.